The Morgan fingerprint density at radius 2 is 1.88 bits per heavy atom. The lowest BCUT2D eigenvalue weighted by Gasteiger charge is -2.28. The molecule has 6 nitrogen and oxygen atoms in total. The Morgan fingerprint density at radius 3 is 2.46 bits per heavy atom. The zero-order valence-corrected chi connectivity index (χ0v) is 15.1. The first-order valence-corrected chi connectivity index (χ1v) is 9.88. The predicted octanol–water partition coefficient (Wildman–Crippen LogP) is 1.62. The number of esters is 1. The highest BCUT2D eigenvalue weighted by molar-refractivity contribution is 7.88. The van der Waals surface area contributed by atoms with Gasteiger partial charge in [0.1, 0.15) is 0 Å². The molecule has 1 aliphatic rings. The van der Waals surface area contributed by atoms with Crippen LogP contribution in [0, 0.1) is 5.92 Å². The van der Waals surface area contributed by atoms with Gasteiger partial charge in [0.25, 0.3) is 0 Å². The number of methoxy groups -OCH3 is 1. The van der Waals surface area contributed by atoms with Crippen molar-refractivity contribution >= 4 is 16.0 Å². The second kappa shape index (κ2) is 8.60. The van der Waals surface area contributed by atoms with E-state index < -0.39 is 16.0 Å². The van der Waals surface area contributed by atoms with Crippen molar-refractivity contribution in [3.05, 3.63) is 35.4 Å². The normalized spacial score (nSPS) is 16.9. The average molecular weight is 354 g/mol. The fourth-order valence-corrected chi connectivity index (χ4v) is 4.06. The molecule has 1 N–H and O–H groups in total. The van der Waals surface area contributed by atoms with Gasteiger partial charge in [-0.25, -0.2) is 17.9 Å². The zero-order chi connectivity index (χ0) is 17.6. The fourth-order valence-electron chi connectivity index (χ4n) is 2.89. The summed E-state index contributed by atoms with van der Waals surface area (Å²) in [5.74, 6) is 0.0888. The number of carbonyl (C=O) groups excluding carboxylic acids is 1. The number of rotatable bonds is 7. The summed E-state index contributed by atoms with van der Waals surface area (Å²) in [6, 6.07) is 6.44. The van der Waals surface area contributed by atoms with Crippen LogP contribution in [0.3, 0.4) is 0 Å². The summed E-state index contributed by atoms with van der Waals surface area (Å²) in [6.07, 6.45) is 3.15. The molecule has 0 radical (unpaired) electrons. The van der Waals surface area contributed by atoms with E-state index in [0.717, 1.165) is 32.4 Å². The molecular weight excluding hydrogens is 328 g/mol. The van der Waals surface area contributed by atoms with Gasteiger partial charge in [-0.2, -0.15) is 0 Å². The van der Waals surface area contributed by atoms with E-state index in [1.165, 1.54) is 7.11 Å². The van der Waals surface area contributed by atoms with Gasteiger partial charge in [0.2, 0.25) is 10.0 Å². The second-order valence-corrected chi connectivity index (χ2v) is 8.18. The summed E-state index contributed by atoms with van der Waals surface area (Å²) in [5, 5.41) is 0. The van der Waals surface area contributed by atoms with Crippen molar-refractivity contribution in [1.29, 1.82) is 0 Å². The molecule has 0 spiro atoms. The number of piperidine rings is 1. The number of hydrogen-bond acceptors (Lipinski definition) is 5. The Labute approximate surface area is 144 Å². The number of likely N-dealkylation sites (tertiary alicyclic amines) is 1. The van der Waals surface area contributed by atoms with Crippen LogP contribution < -0.4 is 4.72 Å². The first kappa shape index (κ1) is 18.9. The van der Waals surface area contributed by atoms with Gasteiger partial charge in [0, 0.05) is 6.54 Å². The average Bonchev–Trinajstić information content (AvgIpc) is 2.56. The largest absolute Gasteiger partial charge is 0.465 e. The molecule has 1 aliphatic heterocycles. The van der Waals surface area contributed by atoms with E-state index in [1.807, 2.05) is 0 Å². The van der Waals surface area contributed by atoms with E-state index in [4.69, 9.17) is 0 Å². The van der Waals surface area contributed by atoms with Crippen LogP contribution in [-0.4, -0.2) is 53.1 Å². The van der Waals surface area contributed by atoms with Crippen LogP contribution >= 0.6 is 0 Å². The smallest absolute Gasteiger partial charge is 0.337 e. The van der Waals surface area contributed by atoms with Gasteiger partial charge in [-0.3, -0.25) is 0 Å². The maximum atomic E-state index is 12.2. The monoisotopic (exact) mass is 354 g/mol. The maximum Gasteiger partial charge on any atom is 0.337 e. The van der Waals surface area contributed by atoms with E-state index in [0.29, 0.717) is 23.6 Å². The standard InChI is InChI=1S/C17H26N2O4S/c1-19-11-8-14(9-12-19)7-10-18-24(21,22)13-15-3-5-16(6-4-15)17(20)23-2/h3-6,14,18H,7-13H2,1-2H3. The Morgan fingerprint density at radius 1 is 1.25 bits per heavy atom. The van der Waals surface area contributed by atoms with Gasteiger partial charge in [0.15, 0.2) is 0 Å². The summed E-state index contributed by atoms with van der Waals surface area (Å²) >= 11 is 0. The van der Waals surface area contributed by atoms with Crippen molar-refractivity contribution in [2.24, 2.45) is 5.92 Å². The van der Waals surface area contributed by atoms with Crippen molar-refractivity contribution in [1.82, 2.24) is 9.62 Å². The van der Waals surface area contributed by atoms with Gasteiger partial charge in [-0.1, -0.05) is 12.1 Å². The van der Waals surface area contributed by atoms with Crippen LogP contribution in [0.4, 0.5) is 0 Å². The summed E-state index contributed by atoms with van der Waals surface area (Å²) in [6.45, 7) is 2.66. The Hall–Kier alpha value is -1.44. The minimum atomic E-state index is -3.36. The van der Waals surface area contributed by atoms with Crippen LogP contribution in [0.2, 0.25) is 0 Å². The van der Waals surface area contributed by atoms with Crippen molar-refractivity contribution in [3.63, 3.8) is 0 Å². The number of nitrogens with zero attached hydrogens (tertiary/aromatic N) is 1. The second-order valence-electron chi connectivity index (χ2n) is 6.38. The molecule has 0 bridgehead atoms. The molecule has 7 heteroatoms. The van der Waals surface area contributed by atoms with Crippen LogP contribution in [0.5, 0.6) is 0 Å². The van der Waals surface area contributed by atoms with E-state index in [2.05, 4.69) is 21.4 Å². The first-order chi connectivity index (χ1) is 11.4. The highest BCUT2D eigenvalue weighted by atomic mass is 32.2. The van der Waals surface area contributed by atoms with Crippen molar-refractivity contribution in [3.8, 4) is 0 Å². The molecule has 0 unspecified atom stereocenters. The third-order valence-electron chi connectivity index (χ3n) is 4.44. The third kappa shape index (κ3) is 5.89. The van der Waals surface area contributed by atoms with Crippen LogP contribution in [0.25, 0.3) is 0 Å². The Balaban J connectivity index is 1.79. The molecule has 0 atom stereocenters. The Bertz CT molecular complexity index is 635. The lowest BCUT2D eigenvalue weighted by Crippen LogP contribution is -2.33. The number of ether oxygens (including phenoxy) is 1. The van der Waals surface area contributed by atoms with Gasteiger partial charge in [-0.05, 0) is 63.0 Å². The topological polar surface area (TPSA) is 75.7 Å². The fraction of sp³-hybridized carbons (Fsp3) is 0.588. The van der Waals surface area contributed by atoms with Crippen molar-refractivity contribution in [2.45, 2.75) is 25.0 Å². The molecule has 1 fully saturated rings. The van der Waals surface area contributed by atoms with E-state index in [9.17, 15) is 13.2 Å². The predicted molar refractivity (Wildman–Crippen MR) is 93.2 cm³/mol. The minimum absolute atomic E-state index is 0.0815. The molecule has 1 heterocycles. The highest BCUT2D eigenvalue weighted by Crippen LogP contribution is 2.19. The molecule has 0 aliphatic carbocycles. The number of carbonyl (C=O) groups is 1. The van der Waals surface area contributed by atoms with E-state index in [-0.39, 0.29) is 5.75 Å². The first-order valence-electron chi connectivity index (χ1n) is 8.23. The van der Waals surface area contributed by atoms with E-state index >= 15 is 0 Å². The lowest BCUT2D eigenvalue weighted by molar-refractivity contribution is 0.0600. The highest BCUT2D eigenvalue weighted by Gasteiger charge is 2.18. The van der Waals surface area contributed by atoms with Gasteiger partial charge in [0.05, 0.1) is 18.4 Å². The summed E-state index contributed by atoms with van der Waals surface area (Å²) in [5.41, 5.74) is 1.06. The van der Waals surface area contributed by atoms with Crippen LogP contribution in [0.15, 0.2) is 24.3 Å². The number of hydrogen-bond donors (Lipinski definition) is 1. The van der Waals surface area contributed by atoms with Crippen LogP contribution in [-0.2, 0) is 20.5 Å². The summed E-state index contributed by atoms with van der Waals surface area (Å²) in [4.78, 5) is 13.7. The molecule has 0 saturated carbocycles. The van der Waals surface area contributed by atoms with Crippen LogP contribution in [0.1, 0.15) is 35.2 Å². The third-order valence-corrected chi connectivity index (χ3v) is 5.80. The number of benzene rings is 1. The quantitative estimate of drug-likeness (QED) is 0.753. The van der Waals surface area contributed by atoms with Crippen molar-refractivity contribution in [2.75, 3.05) is 33.8 Å². The summed E-state index contributed by atoms with van der Waals surface area (Å²) in [7, 11) is 0.0685. The molecule has 0 amide bonds. The molecular formula is C17H26N2O4S. The van der Waals surface area contributed by atoms with Gasteiger partial charge < -0.3 is 9.64 Å². The lowest BCUT2D eigenvalue weighted by atomic mass is 9.94. The molecule has 1 aromatic carbocycles. The number of sulfonamides is 1. The van der Waals surface area contributed by atoms with Gasteiger partial charge in [-0.15, -0.1) is 0 Å². The maximum absolute atomic E-state index is 12.2. The molecule has 1 aromatic rings. The molecule has 0 aromatic heterocycles. The molecule has 24 heavy (non-hydrogen) atoms. The van der Waals surface area contributed by atoms with Gasteiger partial charge >= 0.3 is 5.97 Å². The molecule has 2 rings (SSSR count). The van der Waals surface area contributed by atoms with E-state index in [1.54, 1.807) is 24.3 Å². The van der Waals surface area contributed by atoms with Crippen molar-refractivity contribution < 1.29 is 17.9 Å². The SMILES string of the molecule is COC(=O)c1ccc(CS(=O)(=O)NCCC2CCN(C)CC2)cc1. The zero-order valence-electron chi connectivity index (χ0n) is 14.3. The minimum Gasteiger partial charge on any atom is -0.465 e. The number of nitrogens with one attached hydrogen (secondary N) is 1. The summed E-state index contributed by atoms with van der Waals surface area (Å²) < 4.78 is 31.6. The molecule has 1 saturated heterocycles. The molecule has 134 valence electrons. The Kier molecular flexibility index (Phi) is 6.77.